The third-order valence-electron chi connectivity index (χ3n) is 4.77. The van der Waals surface area contributed by atoms with E-state index >= 15 is 0 Å². The van der Waals surface area contributed by atoms with E-state index in [1.54, 1.807) is 6.07 Å². The molecular weight excluding hydrogens is 316 g/mol. The first-order valence-corrected chi connectivity index (χ1v) is 8.71. The van der Waals surface area contributed by atoms with Crippen LogP contribution < -0.4 is 5.73 Å². The standard InChI is InChI=1S/C19H24N4O2/c1-13-4-2-5-14(10-13)7-8-18(24)23-9-3-6-15(12-23)16-11-17(19(20)25)22-21-16/h2,4-5,10-11,15H,3,6-9,12H2,1H3,(H2,20,25)(H,21,22)/t15-/m1/s1. The molecule has 1 aliphatic rings. The number of rotatable bonds is 5. The van der Waals surface area contributed by atoms with E-state index < -0.39 is 5.91 Å². The summed E-state index contributed by atoms with van der Waals surface area (Å²) in [4.78, 5) is 25.7. The number of nitrogens with zero attached hydrogens (tertiary/aromatic N) is 2. The topological polar surface area (TPSA) is 92.1 Å². The second kappa shape index (κ2) is 7.51. The first-order valence-electron chi connectivity index (χ1n) is 8.71. The van der Waals surface area contributed by atoms with Crippen LogP contribution in [-0.4, -0.2) is 40.0 Å². The molecular formula is C19H24N4O2. The molecule has 3 rings (SSSR count). The molecule has 1 saturated heterocycles. The Hall–Kier alpha value is -2.63. The summed E-state index contributed by atoms with van der Waals surface area (Å²) in [6.07, 6.45) is 3.21. The van der Waals surface area contributed by atoms with Gasteiger partial charge >= 0.3 is 0 Å². The number of aromatic nitrogens is 2. The quantitative estimate of drug-likeness (QED) is 0.873. The fourth-order valence-corrected chi connectivity index (χ4v) is 3.41. The van der Waals surface area contributed by atoms with E-state index in [0.717, 1.165) is 31.5 Å². The van der Waals surface area contributed by atoms with Gasteiger partial charge in [0.1, 0.15) is 5.69 Å². The second-order valence-electron chi connectivity index (χ2n) is 6.74. The fraction of sp³-hybridized carbons (Fsp3) is 0.421. The van der Waals surface area contributed by atoms with Gasteiger partial charge in [0.15, 0.2) is 0 Å². The Labute approximate surface area is 147 Å². The molecule has 0 aliphatic carbocycles. The SMILES string of the molecule is Cc1cccc(CCC(=O)N2CCC[C@@H](c3cc(C(N)=O)n[nH]3)C2)c1. The van der Waals surface area contributed by atoms with Gasteiger partial charge in [0.05, 0.1) is 0 Å². The van der Waals surface area contributed by atoms with Gasteiger partial charge in [-0.1, -0.05) is 29.8 Å². The normalized spacial score (nSPS) is 17.5. The van der Waals surface area contributed by atoms with Crippen LogP contribution in [0.15, 0.2) is 30.3 Å². The molecule has 1 atom stereocenters. The molecule has 6 nitrogen and oxygen atoms in total. The Balaban J connectivity index is 1.58. The smallest absolute Gasteiger partial charge is 0.269 e. The summed E-state index contributed by atoms with van der Waals surface area (Å²) in [5.74, 6) is -0.178. The van der Waals surface area contributed by atoms with Crippen molar-refractivity contribution in [2.24, 2.45) is 5.73 Å². The summed E-state index contributed by atoms with van der Waals surface area (Å²) in [5, 5.41) is 6.83. The Morgan fingerprint density at radius 1 is 1.36 bits per heavy atom. The van der Waals surface area contributed by atoms with Gasteiger partial charge in [-0.2, -0.15) is 5.10 Å². The van der Waals surface area contributed by atoms with Crippen LogP contribution in [0.4, 0.5) is 0 Å². The Morgan fingerprint density at radius 3 is 2.92 bits per heavy atom. The van der Waals surface area contributed by atoms with Crippen LogP contribution in [0, 0.1) is 6.92 Å². The number of benzene rings is 1. The summed E-state index contributed by atoms with van der Waals surface area (Å²) >= 11 is 0. The summed E-state index contributed by atoms with van der Waals surface area (Å²) in [6, 6.07) is 9.98. The van der Waals surface area contributed by atoms with Crippen molar-refractivity contribution in [1.29, 1.82) is 0 Å². The maximum Gasteiger partial charge on any atom is 0.269 e. The Kier molecular flexibility index (Phi) is 5.16. The van der Waals surface area contributed by atoms with Gasteiger partial charge in [-0.15, -0.1) is 0 Å². The number of H-pyrrole nitrogens is 1. The van der Waals surface area contributed by atoms with E-state index in [2.05, 4.69) is 35.3 Å². The van der Waals surface area contributed by atoms with Crippen LogP contribution in [0.3, 0.4) is 0 Å². The van der Waals surface area contributed by atoms with Crippen LogP contribution in [0.1, 0.15) is 52.5 Å². The molecule has 2 heterocycles. The lowest BCUT2D eigenvalue weighted by molar-refractivity contribution is -0.132. The van der Waals surface area contributed by atoms with Crippen molar-refractivity contribution < 1.29 is 9.59 Å². The number of nitrogens with one attached hydrogen (secondary N) is 1. The predicted octanol–water partition coefficient (Wildman–Crippen LogP) is 2.16. The predicted molar refractivity (Wildman–Crippen MR) is 95.2 cm³/mol. The molecule has 1 aliphatic heterocycles. The van der Waals surface area contributed by atoms with Gasteiger partial charge in [0, 0.05) is 31.1 Å². The molecule has 0 saturated carbocycles. The maximum atomic E-state index is 12.6. The van der Waals surface area contributed by atoms with Crippen molar-refractivity contribution in [3.05, 3.63) is 52.8 Å². The minimum atomic E-state index is -0.538. The highest BCUT2D eigenvalue weighted by atomic mass is 16.2. The third-order valence-corrected chi connectivity index (χ3v) is 4.77. The average Bonchev–Trinajstić information content (AvgIpc) is 3.10. The molecule has 0 bridgehead atoms. The number of likely N-dealkylation sites (tertiary alicyclic amines) is 1. The molecule has 132 valence electrons. The summed E-state index contributed by atoms with van der Waals surface area (Å²) in [6.45, 7) is 3.51. The summed E-state index contributed by atoms with van der Waals surface area (Å²) in [7, 11) is 0. The number of hydrogen-bond acceptors (Lipinski definition) is 3. The van der Waals surface area contributed by atoms with E-state index in [1.165, 1.54) is 11.1 Å². The minimum Gasteiger partial charge on any atom is -0.364 e. The zero-order chi connectivity index (χ0) is 17.8. The van der Waals surface area contributed by atoms with Crippen molar-refractivity contribution in [3.8, 4) is 0 Å². The minimum absolute atomic E-state index is 0.178. The molecule has 0 unspecified atom stereocenters. The highest BCUT2D eigenvalue weighted by Gasteiger charge is 2.26. The molecule has 0 radical (unpaired) electrons. The van der Waals surface area contributed by atoms with Gasteiger partial charge in [-0.3, -0.25) is 14.7 Å². The lowest BCUT2D eigenvalue weighted by atomic mass is 9.94. The highest BCUT2D eigenvalue weighted by molar-refractivity contribution is 5.90. The number of primary amides is 1. The number of carbonyl (C=O) groups excluding carboxylic acids is 2. The molecule has 1 aromatic carbocycles. The van der Waals surface area contributed by atoms with E-state index in [9.17, 15) is 9.59 Å². The summed E-state index contributed by atoms with van der Waals surface area (Å²) in [5.41, 5.74) is 8.79. The third kappa shape index (κ3) is 4.26. The van der Waals surface area contributed by atoms with Crippen molar-refractivity contribution in [2.75, 3.05) is 13.1 Å². The Bertz CT molecular complexity index is 768. The Morgan fingerprint density at radius 2 is 2.20 bits per heavy atom. The van der Waals surface area contributed by atoms with Crippen LogP contribution in [0.25, 0.3) is 0 Å². The number of nitrogens with two attached hydrogens (primary N) is 1. The first kappa shape index (κ1) is 17.2. The summed E-state index contributed by atoms with van der Waals surface area (Å²) < 4.78 is 0. The average molecular weight is 340 g/mol. The van der Waals surface area contributed by atoms with Crippen molar-refractivity contribution >= 4 is 11.8 Å². The maximum absolute atomic E-state index is 12.6. The number of aryl methyl sites for hydroxylation is 2. The molecule has 0 spiro atoms. The fourth-order valence-electron chi connectivity index (χ4n) is 3.41. The van der Waals surface area contributed by atoms with Gasteiger partial charge in [0.2, 0.25) is 5.91 Å². The van der Waals surface area contributed by atoms with E-state index in [4.69, 9.17) is 5.73 Å². The number of aromatic amines is 1. The van der Waals surface area contributed by atoms with Crippen LogP contribution >= 0.6 is 0 Å². The lowest BCUT2D eigenvalue weighted by Gasteiger charge is -2.32. The van der Waals surface area contributed by atoms with Gasteiger partial charge in [-0.05, 0) is 37.8 Å². The van der Waals surface area contributed by atoms with Crippen molar-refractivity contribution in [2.45, 2.75) is 38.5 Å². The zero-order valence-electron chi connectivity index (χ0n) is 14.5. The molecule has 3 N–H and O–H groups in total. The van der Waals surface area contributed by atoms with Crippen molar-refractivity contribution in [1.82, 2.24) is 15.1 Å². The molecule has 25 heavy (non-hydrogen) atoms. The molecule has 6 heteroatoms. The monoisotopic (exact) mass is 340 g/mol. The molecule has 2 amide bonds. The van der Waals surface area contributed by atoms with E-state index in [1.807, 2.05) is 11.0 Å². The highest BCUT2D eigenvalue weighted by Crippen LogP contribution is 2.26. The molecule has 1 fully saturated rings. The lowest BCUT2D eigenvalue weighted by Crippen LogP contribution is -2.39. The van der Waals surface area contributed by atoms with Gasteiger partial charge in [0.25, 0.3) is 5.91 Å². The van der Waals surface area contributed by atoms with Gasteiger partial charge in [-0.25, -0.2) is 0 Å². The van der Waals surface area contributed by atoms with E-state index in [-0.39, 0.29) is 17.5 Å². The number of carbonyl (C=O) groups is 2. The number of piperidine rings is 1. The molecule has 2 aromatic rings. The first-order chi connectivity index (χ1) is 12.0. The van der Waals surface area contributed by atoms with Gasteiger partial charge < -0.3 is 10.6 Å². The largest absolute Gasteiger partial charge is 0.364 e. The number of hydrogen-bond donors (Lipinski definition) is 2. The molecule has 1 aromatic heterocycles. The van der Waals surface area contributed by atoms with Crippen LogP contribution in [0.2, 0.25) is 0 Å². The van der Waals surface area contributed by atoms with Crippen LogP contribution in [0.5, 0.6) is 0 Å². The van der Waals surface area contributed by atoms with Crippen LogP contribution in [-0.2, 0) is 11.2 Å². The number of amides is 2. The van der Waals surface area contributed by atoms with Crippen molar-refractivity contribution in [3.63, 3.8) is 0 Å². The zero-order valence-corrected chi connectivity index (χ0v) is 14.5. The van der Waals surface area contributed by atoms with E-state index in [0.29, 0.717) is 13.0 Å². The second-order valence-corrected chi connectivity index (χ2v) is 6.74.